The second-order valence-corrected chi connectivity index (χ2v) is 1.53. The molecule has 11 heavy (non-hydrogen) atoms. The van der Waals surface area contributed by atoms with Crippen LogP contribution in [0.15, 0.2) is 0 Å². The minimum atomic E-state index is -1.88. The second kappa shape index (κ2) is 2.22. The van der Waals surface area contributed by atoms with Gasteiger partial charge in [0.15, 0.2) is 0 Å². The molecule has 0 radical (unpaired) electrons. The molecule has 0 aliphatic carbocycles. The molecule has 0 fully saturated rings. The third-order valence-electron chi connectivity index (χ3n) is 0.896. The zero-order valence-electron chi connectivity index (χ0n) is 4.79. The summed E-state index contributed by atoms with van der Waals surface area (Å²) < 4.78 is 36.0. The smallest absolute Gasteiger partial charge is 0.358 e. The van der Waals surface area contributed by atoms with Crippen LogP contribution in [0.4, 0.5) is 19.1 Å². The number of halogens is 3. The zero-order valence-corrected chi connectivity index (χ0v) is 4.79. The third-order valence-corrected chi connectivity index (χ3v) is 0.896. The highest BCUT2D eigenvalue weighted by atomic mass is 19.2. The molecular weight excluding hydrogens is 167 g/mol. The van der Waals surface area contributed by atoms with Crippen LogP contribution in [0.1, 0.15) is 0 Å². The van der Waals surface area contributed by atoms with Crippen LogP contribution in [0, 0.1) is 22.1 Å². The van der Waals surface area contributed by atoms with Gasteiger partial charge < -0.3 is 10.1 Å². The summed E-state index contributed by atoms with van der Waals surface area (Å²) in [4.78, 5) is 9.51. The number of nitro groups is 1. The Labute approximate surface area is 57.2 Å². The lowest BCUT2D eigenvalue weighted by Crippen LogP contribution is -1.96. The Kier molecular flexibility index (Phi) is 1.51. The molecule has 0 unspecified atom stereocenters. The highest BCUT2D eigenvalue weighted by molar-refractivity contribution is 5.16. The van der Waals surface area contributed by atoms with E-state index in [0.717, 1.165) is 0 Å². The molecule has 8 heteroatoms. The lowest BCUT2D eigenvalue weighted by atomic mass is 10.7. The van der Waals surface area contributed by atoms with Crippen molar-refractivity contribution in [2.45, 2.75) is 0 Å². The summed E-state index contributed by atoms with van der Waals surface area (Å²) in [5, 5.41) is 9.75. The lowest BCUT2D eigenvalue weighted by molar-refractivity contribution is -0.398. The quantitative estimate of drug-likeness (QED) is 0.459. The van der Waals surface area contributed by atoms with Gasteiger partial charge in [-0.3, -0.25) is 0 Å². The van der Waals surface area contributed by atoms with E-state index in [0.29, 0.717) is 0 Å². The summed E-state index contributed by atoms with van der Waals surface area (Å²) in [5.74, 6) is -3.42. The van der Waals surface area contributed by atoms with Crippen molar-refractivity contribution in [3.8, 4) is 0 Å². The van der Waals surface area contributed by atoms with E-state index in [4.69, 9.17) is 0 Å². The Morgan fingerprint density at radius 3 is 2.27 bits per heavy atom. The molecule has 0 aliphatic heterocycles. The molecule has 1 aromatic rings. The van der Waals surface area contributed by atoms with E-state index >= 15 is 0 Å². The molecule has 0 saturated carbocycles. The molecule has 0 spiro atoms. The maximum atomic E-state index is 12.1. The third kappa shape index (κ3) is 1.02. The fourth-order valence-electron chi connectivity index (χ4n) is 0.490. The Morgan fingerprint density at radius 1 is 1.55 bits per heavy atom. The van der Waals surface area contributed by atoms with Crippen LogP contribution in [-0.4, -0.2) is 14.7 Å². The van der Waals surface area contributed by atoms with Gasteiger partial charge in [-0.2, -0.15) is 4.39 Å². The summed E-state index contributed by atoms with van der Waals surface area (Å²) in [6, 6.07) is 0. The molecule has 1 aromatic heterocycles. The van der Waals surface area contributed by atoms with Crippen molar-refractivity contribution in [3.05, 3.63) is 22.1 Å². The van der Waals surface area contributed by atoms with Crippen LogP contribution in [0.5, 0.6) is 0 Å². The van der Waals surface area contributed by atoms with E-state index in [1.165, 1.54) is 0 Å². The average molecular weight is 167 g/mol. The summed E-state index contributed by atoms with van der Waals surface area (Å²) >= 11 is 0. The van der Waals surface area contributed by atoms with Crippen molar-refractivity contribution in [2.75, 3.05) is 0 Å². The van der Waals surface area contributed by atoms with Crippen molar-refractivity contribution >= 4 is 5.82 Å². The predicted molar refractivity (Wildman–Crippen MR) is 25.3 cm³/mol. The van der Waals surface area contributed by atoms with Gasteiger partial charge in [-0.15, -0.1) is 9.37 Å². The van der Waals surface area contributed by atoms with Gasteiger partial charge in [-0.05, 0) is 4.92 Å². The molecule has 60 valence electrons. The van der Waals surface area contributed by atoms with Gasteiger partial charge in [-0.25, -0.2) is 0 Å². The van der Waals surface area contributed by atoms with Gasteiger partial charge in [0.2, 0.25) is 0 Å². The van der Waals surface area contributed by atoms with E-state index in [-0.39, 0.29) is 0 Å². The predicted octanol–water partition coefficient (Wildman–Crippen LogP) is 0.802. The first-order valence-corrected chi connectivity index (χ1v) is 2.28. The van der Waals surface area contributed by atoms with Crippen LogP contribution < -0.4 is 0 Å². The Hall–Kier alpha value is -1.60. The van der Waals surface area contributed by atoms with Crippen LogP contribution >= 0.6 is 0 Å². The highest BCUT2D eigenvalue weighted by Crippen LogP contribution is 2.17. The number of hydrogen-bond acceptors (Lipinski definition) is 3. The fourth-order valence-corrected chi connectivity index (χ4v) is 0.490. The first-order chi connectivity index (χ1) is 5.04. The Balaban J connectivity index is 3.34. The molecule has 1 rings (SSSR count). The van der Waals surface area contributed by atoms with Gasteiger partial charge in [-0.1, -0.05) is 0 Å². The van der Waals surface area contributed by atoms with E-state index in [9.17, 15) is 23.4 Å². The van der Waals surface area contributed by atoms with Crippen molar-refractivity contribution in [1.29, 1.82) is 0 Å². The van der Waals surface area contributed by atoms with E-state index in [1.807, 2.05) is 0 Å². The van der Waals surface area contributed by atoms with Crippen molar-refractivity contribution < 1.29 is 18.2 Å². The van der Waals surface area contributed by atoms with E-state index in [1.54, 1.807) is 0 Å². The number of rotatable bonds is 1. The van der Waals surface area contributed by atoms with E-state index in [2.05, 4.69) is 4.98 Å². The first-order valence-electron chi connectivity index (χ1n) is 2.28. The van der Waals surface area contributed by atoms with Gasteiger partial charge in [0.25, 0.3) is 0 Å². The van der Waals surface area contributed by atoms with Crippen molar-refractivity contribution in [2.24, 2.45) is 0 Å². The summed E-state index contributed by atoms with van der Waals surface area (Å²) in [7, 11) is 0. The molecule has 5 nitrogen and oxygen atoms in total. The van der Waals surface area contributed by atoms with Crippen LogP contribution in [0.25, 0.3) is 0 Å². The minimum absolute atomic E-state index is 1.07. The SMILES string of the molecule is O=[N+]([O-])c1c(F)nc(F)n1F. The van der Waals surface area contributed by atoms with Gasteiger partial charge >= 0.3 is 17.8 Å². The molecule has 0 bridgehead atoms. The number of hydrogen-bond donors (Lipinski definition) is 0. The van der Waals surface area contributed by atoms with Gasteiger partial charge in [0, 0.05) is 9.27 Å². The molecule has 0 amide bonds. The monoisotopic (exact) mass is 167 g/mol. The van der Waals surface area contributed by atoms with Crippen LogP contribution in [0.2, 0.25) is 0 Å². The molecular formula is C3F3N3O2. The number of imidazole rings is 1. The number of nitrogens with zero attached hydrogens (tertiary/aromatic N) is 3. The molecule has 1 heterocycles. The molecule has 0 atom stereocenters. The van der Waals surface area contributed by atoms with Crippen LogP contribution in [-0.2, 0) is 0 Å². The topological polar surface area (TPSA) is 61.0 Å². The van der Waals surface area contributed by atoms with Gasteiger partial charge in [0.05, 0.1) is 0 Å². The number of aromatic nitrogens is 2. The fraction of sp³-hybridized carbons (Fsp3) is 0. The zero-order chi connectivity index (χ0) is 8.59. The average Bonchev–Trinajstić information content (AvgIpc) is 2.07. The largest absolute Gasteiger partial charge is 0.420 e. The van der Waals surface area contributed by atoms with Crippen molar-refractivity contribution in [3.63, 3.8) is 0 Å². The van der Waals surface area contributed by atoms with Crippen LogP contribution in [0.3, 0.4) is 0 Å². The maximum absolute atomic E-state index is 12.1. The second-order valence-electron chi connectivity index (χ2n) is 1.53. The molecule has 0 aliphatic rings. The standard InChI is InChI=1S/C3F3N3O2/c4-1-2(9(10)11)8(6)3(5)7-1. The summed E-state index contributed by atoms with van der Waals surface area (Å²) in [6.07, 6.45) is -1.88. The lowest BCUT2D eigenvalue weighted by Gasteiger charge is -1.87. The minimum Gasteiger partial charge on any atom is -0.358 e. The van der Waals surface area contributed by atoms with E-state index < -0.39 is 27.6 Å². The highest BCUT2D eigenvalue weighted by Gasteiger charge is 2.29. The molecule has 0 aromatic carbocycles. The Morgan fingerprint density at radius 2 is 2.09 bits per heavy atom. The normalized spacial score (nSPS) is 10.1. The molecule has 0 N–H and O–H groups in total. The summed E-state index contributed by atoms with van der Waals surface area (Å²) in [5.41, 5.74) is 0. The first kappa shape index (κ1) is 7.51. The van der Waals surface area contributed by atoms with Gasteiger partial charge in [0.1, 0.15) is 0 Å². The summed E-state index contributed by atoms with van der Waals surface area (Å²) in [6.45, 7) is 0. The molecule has 0 saturated heterocycles. The van der Waals surface area contributed by atoms with Crippen molar-refractivity contribution in [1.82, 2.24) is 9.77 Å². The Bertz CT molecular complexity index is 309. The maximum Gasteiger partial charge on any atom is 0.420 e.